The highest BCUT2D eigenvalue weighted by Gasteiger charge is 2.45. The van der Waals surface area contributed by atoms with Crippen molar-refractivity contribution in [3.05, 3.63) is 29.3 Å². The van der Waals surface area contributed by atoms with Crippen LogP contribution in [0.2, 0.25) is 0 Å². The standard InChI is InChI=1S/C16H22O8/c1-7(2)23-16(22)10-5-8(18)3-4-9(10)15-14(21)13(20)12(19)11(6-17)24-15/h3-5,7,11-15,17-21H,6H2,1-2H3/t11-,12-,13+,14-,15+/m1/s1. The number of phenolic OH excluding ortho intramolecular Hbond substituents is 1. The van der Waals surface area contributed by atoms with Crippen molar-refractivity contribution >= 4 is 5.97 Å². The van der Waals surface area contributed by atoms with E-state index in [1.807, 2.05) is 0 Å². The fraction of sp³-hybridized carbons (Fsp3) is 0.562. The number of esters is 1. The molecule has 0 bridgehead atoms. The Balaban J connectivity index is 2.41. The zero-order chi connectivity index (χ0) is 18.0. The molecule has 0 spiro atoms. The lowest BCUT2D eigenvalue weighted by Crippen LogP contribution is -2.55. The molecule has 0 aromatic heterocycles. The summed E-state index contributed by atoms with van der Waals surface area (Å²) in [5.41, 5.74) is 0.142. The second-order valence-corrected chi connectivity index (χ2v) is 5.98. The number of hydrogen-bond donors (Lipinski definition) is 5. The van der Waals surface area contributed by atoms with Crippen molar-refractivity contribution in [1.82, 2.24) is 0 Å². The van der Waals surface area contributed by atoms with Crippen LogP contribution in [0.15, 0.2) is 18.2 Å². The number of aliphatic hydroxyl groups excluding tert-OH is 4. The molecule has 1 aliphatic rings. The minimum absolute atomic E-state index is 0.0342. The molecule has 0 aliphatic carbocycles. The van der Waals surface area contributed by atoms with Gasteiger partial charge in [0.05, 0.1) is 18.3 Å². The Morgan fingerprint density at radius 3 is 2.46 bits per heavy atom. The fourth-order valence-electron chi connectivity index (χ4n) is 2.61. The highest BCUT2D eigenvalue weighted by atomic mass is 16.6. The van der Waals surface area contributed by atoms with Gasteiger partial charge in [0.25, 0.3) is 0 Å². The highest BCUT2D eigenvalue weighted by Crippen LogP contribution is 2.35. The largest absolute Gasteiger partial charge is 0.508 e. The summed E-state index contributed by atoms with van der Waals surface area (Å²) >= 11 is 0. The zero-order valence-corrected chi connectivity index (χ0v) is 13.4. The minimum atomic E-state index is -1.57. The molecule has 0 radical (unpaired) electrons. The maximum Gasteiger partial charge on any atom is 0.338 e. The lowest BCUT2D eigenvalue weighted by atomic mass is 9.89. The maximum atomic E-state index is 12.2. The number of ether oxygens (including phenoxy) is 2. The van der Waals surface area contributed by atoms with E-state index in [2.05, 4.69) is 0 Å². The van der Waals surface area contributed by atoms with Crippen LogP contribution in [0, 0.1) is 0 Å². The topological polar surface area (TPSA) is 137 Å². The number of aliphatic hydroxyl groups is 4. The summed E-state index contributed by atoms with van der Waals surface area (Å²) < 4.78 is 10.6. The molecule has 1 saturated heterocycles. The third kappa shape index (κ3) is 3.68. The smallest absolute Gasteiger partial charge is 0.338 e. The molecule has 1 aromatic rings. The predicted molar refractivity (Wildman–Crippen MR) is 81.4 cm³/mol. The van der Waals surface area contributed by atoms with Crippen LogP contribution in [0.25, 0.3) is 0 Å². The van der Waals surface area contributed by atoms with Gasteiger partial charge in [-0.25, -0.2) is 4.79 Å². The molecule has 5 atom stereocenters. The highest BCUT2D eigenvalue weighted by molar-refractivity contribution is 5.92. The zero-order valence-electron chi connectivity index (χ0n) is 13.4. The number of phenols is 1. The molecule has 2 rings (SSSR count). The third-order valence-corrected chi connectivity index (χ3v) is 3.80. The van der Waals surface area contributed by atoms with Crippen molar-refractivity contribution in [1.29, 1.82) is 0 Å². The molecule has 0 amide bonds. The van der Waals surface area contributed by atoms with Crippen molar-refractivity contribution < 1.29 is 39.8 Å². The molecule has 8 nitrogen and oxygen atoms in total. The molecule has 134 valence electrons. The third-order valence-electron chi connectivity index (χ3n) is 3.80. The molecule has 1 heterocycles. The maximum absolute atomic E-state index is 12.2. The van der Waals surface area contributed by atoms with E-state index in [-0.39, 0.29) is 16.9 Å². The van der Waals surface area contributed by atoms with E-state index >= 15 is 0 Å². The lowest BCUT2D eigenvalue weighted by molar-refractivity contribution is -0.231. The SMILES string of the molecule is CC(C)OC(=O)c1cc(O)ccc1[C@@H]1O[C@H](CO)[C@@H](O)[C@H](O)[C@H]1O. The average molecular weight is 342 g/mol. The normalized spacial score (nSPS) is 30.4. The van der Waals surface area contributed by atoms with Gasteiger partial charge in [-0.2, -0.15) is 0 Å². The average Bonchev–Trinajstić information content (AvgIpc) is 2.53. The molecule has 1 aliphatic heterocycles. The van der Waals surface area contributed by atoms with Gasteiger partial charge in [0.2, 0.25) is 0 Å². The van der Waals surface area contributed by atoms with Crippen molar-refractivity contribution in [2.24, 2.45) is 0 Å². The van der Waals surface area contributed by atoms with Gasteiger partial charge >= 0.3 is 5.97 Å². The number of benzene rings is 1. The minimum Gasteiger partial charge on any atom is -0.508 e. The van der Waals surface area contributed by atoms with Crippen molar-refractivity contribution in [3.8, 4) is 5.75 Å². The summed E-state index contributed by atoms with van der Waals surface area (Å²) in [7, 11) is 0. The summed E-state index contributed by atoms with van der Waals surface area (Å²) in [6, 6.07) is 3.82. The van der Waals surface area contributed by atoms with Crippen LogP contribution in [0.5, 0.6) is 5.75 Å². The number of aromatic hydroxyl groups is 1. The first-order valence-corrected chi connectivity index (χ1v) is 7.60. The Hall–Kier alpha value is -1.71. The van der Waals surface area contributed by atoms with Crippen LogP contribution >= 0.6 is 0 Å². The van der Waals surface area contributed by atoms with E-state index in [1.54, 1.807) is 13.8 Å². The number of hydrogen-bond acceptors (Lipinski definition) is 8. The molecular weight excluding hydrogens is 320 g/mol. The Morgan fingerprint density at radius 1 is 1.21 bits per heavy atom. The Morgan fingerprint density at radius 2 is 1.88 bits per heavy atom. The van der Waals surface area contributed by atoms with Crippen molar-refractivity contribution in [2.45, 2.75) is 50.5 Å². The molecule has 0 saturated carbocycles. The van der Waals surface area contributed by atoms with Crippen molar-refractivity contribution in [3.63, 3.8) is 0 Å². The second kappa shape index (κ2) is 7.45. The summed E-state index contributed by atoms with van der Waals surface area (Å²) in [6.07, 6.45) is -7.28. The van der Waals surface area contributed by atoms with Gasteiger partial charge in [-0.1, -0.05) is 6.07 Å². The fourth-order valence-corrected chi connectivity index (χ4v) is 2.61. The first-order chi connectivity index (χ1) is 11.3. The van der Waals surface area contributed by atoms with Gasteiger partial charge in [-0.3, -0.25) is 0 Å². The number of carbonyl (C=O) groups excluding carboxylic acids is 1. The molecule has 5 N–H and O–H groups in total. The lowest BCUT2D eigenvalue weighted by Gasteiger charge is -2.40. The molecule has 8 heteroatoms. The summed E-state index contributed by atoms with van der Waals surface area (Å²) in [5.74, 6) is -0.910. The van der Waals surface area contributed by atoms with Crippen LogP contribution in [0.3, 0.4) is 0 Å². The van der Waals surface area contributed by atoms with Gasteiger partial charge in [0.1, 0.15) is 36.3 Å². The molecule has 24 heavy (non-hydrogen) atoms. The summed E-state index contributed by atoms with van der Waals surface area (Å²) in [6.45, 7) is 2.74. The van der Waals surface area contributed by atoms with Gasteiger partial charge in [-0.05, 0) is 31.5 Å². The monoisotopic (exact) mass is 342 g/mol. The first kappa shape index (κ1) is 18.6. The number of rotatable bonds is 4. The molecule has 1 fully saturated rings. The van der Waals surface area contributed by atoms with Crippen LogP contribution in [-0.4, -0.2) is 68.6 Å². The summed E-state index contributed by atoms with van der Waals surface area (Å²) in [5, 5.41) is 48.8. The Labute approximate surface area is 138 Å². The van der Waals surface area contributed by atoms with Gasteiger partial charge < -0.3 is 35.0 Å². The van der Waals surface area contributed by atoms with E-state index in [4.69, 9.17) is 9.47 Å². The van der Waals surface area contributed by atoms with Gasteiger partial charge in [0.15, 0.2) is 0 Å². The predicted octanol–water partition coefficient (Wildman–Crippen LogP) is -0.528. The number of carbonyl (C=O) groups is 1. The van der Waals surface area contributed by atoms with E-state index in [1.165, 1.54) is 18.2 Å². The van der Waals surface area contributed by atoms with Gasteiger partial charge in [0, 0.05) is 0 Å². The van der Waals surface area contributed by atoms with E-state index in [9.17, 15) is 30.3 Å². The molecule has 1 aromatic carbocycles. The van der Waals surface area contributed by atoms with E-state index in [0.29, 0.717) is 0 Å². The second-order valence-electron chi connectivity index (χ2n) is 5.98. The van der Waals surface area contributed by atoms with Crippen LogP contribution in [0.4, 0.5) is 0 Å². The van der Waals surface area contributed by atoms with Crippen LogP contribution in [0.1, 0.15) is 35.9 Å². The van der Waals surface area contributed by atoms with Gasteiger partial charge in [-0.15, -0.1) is 0 Å². The quantitative estimate of drug-likeness (QED) is 0.461. The van der Waals surface area contributed by atoms with Crippen LogP contribution in [-0.2, 0) is 9.47 Å². The van der Waals surface area contributed by atoms with Crippen LogP contribution < -0.4 is 0 Å². The summed E-state index contributed by atoms with van der Waals surface area (Å²) in [4.78, 5) is 12.2. The molecule has 0 unspecified atom stereocenters. The molecular formula is C16H22O8. The van der Waals surface area contributed by atoms with E-state index < -0.39 is 49.2 Å². The van der Waals surface area contributed by atoms with E-state index in [0.717, 1.165) is 0 Å². The first-order valence-electron chi connectivity index (χ1n) is 7.60. The Kier molecular flexibility index (Phi) is 5.79. The Bertz CT molecular complexity index is 585. The van der Waals surface area contributed by atoms with Crippen molar-refractivity contribution in [2.75, 3.05) is 6.61 Å².